The van der Waals surface area contributed by atoms with Gasteiger partial charge in [0.15, 0.2) is 0 Å². The van der Waals surface area contributed by atoms with Gasteiger partial charge >= 0.3 is 0 Å². The molecule has 6 nitrogen and oxygen atoms in total. The fraction of sp³-hybridized carbons (Fsp3) is 0.350. The Morgan fingerprint density at radius 3 is 2.43 bits per heavy atom. The molecule has 2 aromatic carbocycles. The molecule has 0 radical (unpaired) electrons. The number of aliphatic hydroxyl groups excluding tert-OH is 1. The van der Waals surface area contributed by atoms with Gasteiger partial charge in [-0.2, -0.15) is 0 Å². The van der Waals surface area contributed by atoms with E-state index < -0.39 is 15.8 Å². The van der Waals surface area contributed by atoms with Crippen molar-refractivity contribution in [3.05, 3.63) is 65.5 Å². The molecule has 1 heterocycles. The molecule has 0 aromatic heterocycles. The molecule has 28 heavy (non-hydrogen) atoms. The molecule has 1 aliphatic rings. The van der Waals surface area contributed by atoms with Crippen LogP contribution in [0, 0.1) is 5.82 Å². The number of carbonyl (C=O) groups is 1. The summed E-state index contributed by atoms with van der Waals surface area (Å²) in [6.45, 7) is 1.11. The van der Waals surface area contributed by atoms with Gasteiger partial charge in [0.05, 0.1) is 18.3 Å². The number of sulfonamides is 1. The van der Waals surface area contributed by atoms with Gasteiger partial charge in [0.25, 0.3) is 0 Å². The Hall–Kier alpha value is -2.45. The fourth-order valence-electron chi connectivity index (χ4n) is 3.15. The molecule has 2 N–H and O–H groups in total. The second kappa shape index (κ2) is 8.70. The van der Waals surface area contributed by atoms with Gasteiger partial charge < -0.3 is 10.0 Å². The molecule has 0 spiro atoms. The van der Waals surface area contributed by atoms with Gasteiger partial charge in [0.2, 0.25) is 15.9 Å². The van der Waals surface area contributed by atoms with Crippen molar-refractivity contribution in [3.63, 3.8) is 0 Å². The molecule has 0 atom stereocenters. The van der Waals surface area contributed by atoms with Crippen molar-refractivity contribution in [2.24, 2.45) is 0 Å². The van der Waals surface area contributed by atoms with Crippen LogP contribution in [0.4, 0.5) is 10.1 Å². The zero-order chi connectivity index (χ0) is 20.1. The van der Waals surface area contributed by atoms with Crippen molar-refractivity contribution in [1.29, 1.82) is 0 Å². The van der Waals surface area contributed by atoms with Crippen molar-refractivity contribution in [2.45, 2.75) is 31.1 Å². The van der Waals surface area contributed by atoms with Crippen LogP contribution in [-0.4, -0.2) is 43.5 Å². The molecule has 1 aliphatic heterocycles. The molecule has 8 heteroatoms. The summed E-state index contributed by atoms with van der Waals surface area (Å²) in [5.74, 6) is -0.817. The summed E-state index contributed by atoms with van der Waals surface area (Å²) in [6, 6.07) is 12.1. The van der Waals surface area contributed by atoms with Gasteiger partial charge in [-0.05, 0) is 48.2 Å². The Bertz CT molecular complexity index is 923. The van der Waals surface area contributed by atoms with Gasteiger partial charge in [-0.15, -0.1) is 0 Å². The molecule has 2 aromatic rings. The zero-order valence-electron chi connectivity index (χ0n) is 15.3. The quantitative estimate of drug-likeness (QED) is 0.771. The molecular weight excluding hydrogens is 383 g/mol. The smallest absolute Gasteiger partial charge is 0.236 e. The van der Waals surface area contributed by atoms with Gasteiger partial charge in [0.1, 0.15) is 5.82 Å². The number of amides is 1. The van der Waals surface area contributed by atoms with Gasteiger partial charge in [-0.1, -0.05) is 24.3 Å². The summed E-state index contributed by atoms with van der Waals surface area (Å²) in [4.78, 5) is 14.1. The fourth-order valence-corrected chi connectivity index (χ4v) is 4.34. The van der Waals surface area contributed by atoms with E-state index in [1.807, 2.05) is 0 Å². The number of halogens is 1. The lowest BCUT2D eigenvalue weighted by Crippen LogP contribution is -2.40. The summed E-state index contributed by atoms with van der Waals surface area (Å²) in [5.41, 5.74) is 1.53. The lowest BCUT2D eigenvalue weighted by molar-refractivity contribution is -0.132. The predicted molar refractivity (Wildman–Crippen MR) is 105 cm³/mol. The molecule has 150 valence electrons. The number of benzene rings is 2. The van der Waals surface area contributed by atoms with E-state index in [1.165, 1.54) is 18.2 Å². The lowest BCUT2D eigenvalue weighted by Gasteiger charge is -2.29. The van der Waals surface area contributed by atoms with Crippen LogP contribution in [0.1, 0.15) is 24.0 Å². The lowest BCUT2D eigenvalue weighted by atomic mass is 10.1. The van der Waals surface area contributed by atoms with Crippen LogP contribution in [0.15, 0.2) is 48.5 Å². The molecule has 0 aliphatic carbocycles. The first-order valence-electron chi connectivity index (χ1n) is 9.10. The Morgan fingerprint density at radius 2 is 1.79 bits per heavy atom. The van der Waals surface area contributed by atoms with Crippen LogP contribution in [-0.2, 0) is 27.0 Å². The average molecular weight is 406 g/mol. The van der Waals surface area contributed by atoms with Crippen LogP contribution < -0.4 is 4.72 Å². The number of carbonyl (C=O) groups excluding carboxylic acids is 1. The van der Waals surface area contributed by atoms with E-state index in [9.17, 15) is 22.7 Å². The van der Waals surface area contributed by atoms with Crippen molar-refractivity contribution in [1.82, 2.24) is 4.90 Å². The first-order valence-corrected chi connectivity index (χ1v) is 10.8. The van der Waals surface area contributed by atoms with E-state index in [2.05, 4.69) is 4.72 Å². The molecule has 3 rings (SSSR count). The van der Waals surface area contributed by atoms with Crippen LogP contribution in [0.2, 0.25) is 0 Å². The maximum atomic E-state index is 13.2. The number of hydrogen-bond donors (Lipinski definition) is 2. The van der Waals surface area contributed by atoms with E-state index >= 15 is 0 Å². The van der Waals surface area contributed by atoms with Gasteiger partial charge in [0, 0.05) is 18.8 Å². The third kappa shape index (κ3) is 5.77. The summed E-state index contributed by atoms with van der Waals surface area (Å²) < 4.78 is 40.2. The Balaban J connectivity index is 1.57. The molecule has 1 fully saturated rings. The number of rotatable bonds is 6. The third-order valence-corrected chi connectivity index (χ3v) is 5.91. The van der Waals surface area contributed by atoms with Gasteiger partial charge in [-0.25, -0.2) is 12.8 Å². The molecule has 0 unspecified atom stereocenters. The number of piperidine rings is 1. The minimum absolute atomic E-state index is 0.00802. The number of hydrogen-bond acceptors (Lipinski definition) is 4. The van der Waals surface area contributed by atoms with E-state index in [0.29, 0.717) is 37.2 Å². The minimum atomic E-state index is -3.68. The van der Waals surface area contributed by atoms with E-state index in [4.69, 9.17) is 0 Å². The number of anilines is 1. The molecule has 0 saturated carbocycles. The second-order valence-corrected chi connectivity index (χ2v) is 8.70. The number of likely N-dealkylation sites (tertiary alicyclic amines) is 1. The standard InChI is InChI=1S/C20H23FN2O4S/c21-17-3-1-2-16(12-17)14-28(26,27)22-18-6-4-15(5-7-18)13-20(25)23-10-8-19(24)9-11-23/h1-7,12,19,22,24H,8-11,13-14H2. The predicted octanol–water partition coefficient (Wildman–Crippen LogP) is 2.29. The largest absolute Gasteiger partial charge is 0.393 e. The van der Waals surface area contributed by atoms with Crippen LogP contribution in [0.25, 0.3) is 0 Å². The highest BCUT2D eigenvalue weighted by atomic mass is 32.2. The molecular formula is C20H23FN2O4S. The van der Waals surface area contributed by atoms with E-state index in [1.54, 1.807) is 35.2 Å². The highest BCUT2D eigenvalue weighted by molar-refractivity contribution is 7.91. The Labute approximate surface area is 164 Å². The SMILES string of the molecule is O=C(Cc1ccc(NS(=O)(=O)Cc2cccc(F)c2)cc1)N1CCC(O)CC1. The summed E-state index contributed by atoms with van der Waals surface area (Å²) >= 11 is 0. The number of nitrogens with one attached hydrogen (secondary N) is 1. The maximum absolute atomic E-state index is 13.2. The van der Waals surface area contributed by atoms with E-state index in [-0.39, 0.29) is 24.2 Å². The maximum Gasteiger partial charge on any atom is 0.236 e. The third-order valence-electron chi connectivity index (χ3n) is 4.65. The monoisotopic (exact) mass is 406 g/mol. The zero-order valence-corrected chi connectivity index (χ0v) is 16.2. The Kier molecular flexibility index (Phi) is 6.31. The summed E-state index contributed by atoms with van der Waals surface area (Å²) in [6.07, 6.45) is 1.09. The first kappa shape index (κ1) is 20.3. The van der Waals surface area contributed by atoms with Gasteiger partial charge in [-0.3, -0.25) is 9.52 Å². The molecule has 0 bridgehead atoms. The van der Waals surface area contributed by atoms with Crippen LogP contribution in [0.3, 0.4) is 0 Å². The van der Waals surface area contributed by atoms with E-state index in [0.717, 1.165) is 5.56 Å². The molecule has 1 amide bonds. The summed E-state index contributed by atoms with van der Waals surface area (Å²) in [5, 5.41) is 9.52. The molecule has 1 saturated heterocycles. The average Bonchev–Trinajstić information content (AvgIpc) is 2.63. The highest BCUT2D eigenvalue weighted by Gasteiger charge is 2.21. The minimum Gasteiger partial charge on any atom is -0.393 e. The Morgan fingerprint density at radius 1 is 1.11 bits per heavy atom. The topological polar surface area (TPSA) is 86.7 Å². The number of nitrogens with zero attached hydrogens (tertiary/aromatic N) is 1. The van der Waals surface area contributed by atoms with Crippen LogP contribution >= 0.6 is 0 Å². The highest BCUT2D eigenvalue weighted by Crippen LogP contribution is 2.17. The van der Waals surface area contributed by atoms with Crippen molar-refractivity contribution in [3.8, 4) is 0 Å². The summed E-state index contributed by atoms with van der Waals surface area (Å²) in [7, 11) is -3.68. The van der Waals surface area contributed by atoms with Crippen molar-refractivity contribution < 1.29 is 22.7 Å². The first-order chi connectivity index (χ1) is 13.3. The number of aliphatic hydroxyl groups is 1. The van der Waals surface area contributed by atoms with Crippen LogP contribution in [0.5, 0.6) is 0 Å². The van der Waals surface area contributed by atoms with Crippen molar-refractivity contribution in [2.75, 3.05) is 17.8 Å². The normalized spacial score (nSPS) is 15.4. The second-order valence-electron chi connectivity index (χ2n) is 6.98. The van der Waals surface area contributed by atoms with Crippen molar-refractivity contribution >= 4 is 21.6 Å².